The molecule has 0 amide bonds. The Kier molecular flexibility index (Phi) is 8.58. The molecule has 0 fully saturated rings. The van der Waals surface area contributed by atoms with Crippen LogP contribution in [0.1, 0.15) is 44.6 Å². The summed E-state index contributed by atoms with van der Waals surface area (Å²) in [5, 5.41) is 5.70. The molecule has 0 aliphatic carbocycles. The Hall–Kier alpha value is -1.77. The Labute approximate surface area is 160 Å². The molecule has 0 unspecified atom stereocenters. The van der Waals surface area contributed by atoms with Crippen LogP contribution in [0.4, 0.5) is 5.69 Å². The van der Waals surface area contributed by atoms with Crippen molar-refractivity contribution in [1.29, 1.82) is 0 Å². The maximum absolute atomic E-state index is 6.08. The molecule has 0 atom stereocenters. The van der Waals surface area contributed by atoms with E-state index in [1.807, 2.05) is 60.7 Å². The Balaban J connectivity index is 2.06. The molecule has 132 valence electrons. The van der Waals surface area contributed by atoms with Crippen molar-refractivity contribution in [2.24, 2.45) is 5.10 Å². The molecule has 0 aliphatic rings. The summed E-state index contributed by atoms with van der Waals surface area (Å²) < 4.78 is 0. The van der Waals surface area contributed by atoms with Crippen LogP contribution in [0.2, 0.25) is 10.0 Å². The number of nitrogens with zero attached hydrogens (tertiary/aromatic N) is 1. The van der Waals surface area contributed by atoms with Crippen LogP contribution in [0.3, 0.4) is 0 Å². The number of anilines is 1. The summed E-state index contributed by atoms with van der Waals surface area (Å²) in [6.07, 6.45) is 9.85. The molecule has 0 aromatic heterocycles. The Morgan fingerprint density at radius 1 is 1.00 bits per heavy atom. The van der Waals surface area contributed by atoms with Gasteiger partial charge in [0.25, 0.3) is 0 Å². The van der Waals surface area contributed by atoms with Gasteiger partial charge in [0.15, 0.2) is 0 Å². The van der Waals surface area contributed by atoms with E-state index in [2.05, 4.69) is 17.5 Å². The molecule has 1 N–H and O–H groups in total. The zero-order valence-electron chi connectivity index (χ0n) is 14.5. The van der Waals surface area contributed by atoms with Crippen LogP contribution in [0, 0.1) is 0 Å². The summed E-state index contributed by atoms with van der Waals surface area (Å²) >= 11 is 12.0. The lowest BCUT2D eigenvalue weighted by atomic mass is 10.1. The van der Waals surface area contributed by atoms with Gasteiger partial charge in [-0.25, -0.2) is 0 Å². The monoisotopic (exact) mass is 374 g/mol. The largest absolute Gasteiger partial charge is 0.278 e. The van der Waals surface area contributed by atoms with Gasteiger partial charge in [-0.05, 0) is 48.7 Å². The minimum atomic E-state index is 0.563. The van der Waals surface area contributed by atoms with Crippen LogP contribution < -0.4 is 5.43 Å². The number of benzene rings is 2. The standard InChI is InChI=1S/C21H24Cl2N2/c1-2-3-4-6-11-19(25-24-18-9-7-5-8-10-18)14-12-17-13-15-20(22)21(23)16-17/h5,7-10,12-16,24H,2-4,6,11H2,1H3. The third-order valence-electron chi connectivity index (χ3n) is 3.80. The molecule has 0 saturated heterocycles. The van der Waals surface area contributed by atoms with Crippen molar-refractivity contribution in [3.63, 3.8) is 0 Å². The van der Waals surface area contributed by atoms with Gasteiger partial charge in [-0.1, -0.05) is 79.7 Å². The van der Waals surface area contributed by atoms with Gasteiger partial charge in [0, 0.05) is 0 Å². The molecular weight excluding hydrogens is 351 g/mol. The lowest BCUT2D eigenvalue weighted by Crippen LogP contribution is -1.99. The zero-order valence-corrected chi connectivity index (χ0v) is 16.0. The highest BCUT2D eigenvalue weighted by Crippen LogP contribution is 2.23. The third kappa shape index (κ3) is 7.33. The first kappa shape index (κ1) is 19.6. The number of allylic oxidation sites excluding steroid dienone is 1. The Morgan fingerprint density at radius 3 is 2.52 bits per heavy atom. The molecule has 0 aliphatic heterocycles. The molecule has 2 aromatic carbocycles. The maximum Gasteiger partial charge on any atom is 0.0607 e. The van der Waals surface area contributed by atoms with Gasteiger partial charge in [-0.2, -0.15) is 5.10 Å². The van der Waals surface area contributed by atoms with Gasteiger partial charge in [-0.3, -0.25) is 5.43 Å². The minimum absolute atomic E-state index is 0.563. The number of hydrazone groups is 1. The van der Waals surface area contributed by atoms with Crippen LogP contribution in [0.25, 0.3) is 6.08 Å². The summed E-state index contributed by atoms with van der Waals surface area (Å²) in [6, 6.07) is 15.6. The van der Waals surface area contributed by atoms with Crippen molar-refractivity contribution in [3.8, 4) is 0 Å². The summed E-state index contributed by atoms with van der Waals surface area (Å²) in [5.41, 5.74) is 6.14. The van der Waals surface area contributed by atoms with Crippen molar-refractivity contribution in [3.05, 3.63) is 70.2 Å². The molecule has 0 radical (unpaired) electrons. The van der Waals surface area contributed by atoms with Gasteiger partial charge in [0.2, 0.25) is 0 Å². The molecule has 0 spiro atoms. The molecule has 4 heteroatoms. The first-order valence-corrected chi connectivity index (χ1v) is 9.45. The van der Waals surface area contributed by atoms with Crippen molar-refractivity contribution < 1.29 is 0 Å². The molecule has 0 heterocycles. The summed E-state index contributed by atoms with van der Waals surface area (Å²) in [5.74, 6) is 0. The fourth-order valence-corrected chi connectivity index (χ4v) is 2.67. The molecule has 25 heavy (non-hydrogen) atoms. The van der Waals surface area contributed by atoms with Gasteiger partial charge < -0.3 is 0 Å². The number of nitrogens with one attached hydrogen (secondary N) is 1. The van der Waals surface area contributed by atoms with Crippen LogP contribution in [-0.4, -0.2) is 5.71 Å². The van der Waals surface area contributed by atoms with Crippen LogP contribution in [0.5, 0.6) is 0 Å². The van der Waals surface area contributed by atoms with Gasteiger partial charge in [-0.15, -0.1) is 0 Å². The van der Waals surface area contributed by atoms with Gasteiger partial charge in [0.1, 0.15) is 0 Å². The van der Waals surface area contributed by atoms with Crippen molar-refractivity contribution in [2.45, 2.75) is 39.0 Å². The fraction of sp³-hybridized carbons (Fsp3) is 0.286. The fourth-order valence-electron chi connectivity index (χ4n) is 2.37. The second kappa shape index (κ2) is 11.0. The SMILES string of the molecule is CCCCCCC(C=Cc1ccc(Cl)c(Cl)c1)=NNc1ccccc1. The average Bonchev–Trinajstić information content (AvgIpc) is 2.64. The second-order valence-corrected chi connectivity index (χ2v) is 6.71. The maximum atomic E-state index is 6.08. The summed E-state index contributed by atoms with van der Waals surface area (Å²) in [4.78, 5) is 0. The van der Waals surface area contributed by atoms with E-state index in [1.165, 1.54) is 19.3 Å². The van der Waals surface area contributed by atoms with Crippen molar-refractivity contribution in [2.75, 3.05) is 5.43 Å². The van der Waals surface area contributed by atoms with Crippen LogP contribution in [0.15, 0.2) is 59.7 Å². The van der Waals surface area contributed by atoms with Gasteiger partial charge >= 0.3 is 0 Å². The van der Waals surface area contributed by atoms with E-state index in [0.29, 0.717) is 10.0 Å². The number of hydrogen-bond acceptors (Lipinski definition) is 2. The van der Waals surface area contributed by atoms with Crippen LogP contribution in [-0.2, 0) is 0 Å². The normalized spacial score (nSPS) is 11.9. The Bertz CT molecular complexity index is 709. The number of rotatable bonds is 9. The smallest absolute Gasteiger partial charge is 0.0607 e. The Morgan fingerprint density at radius 2 is 1.80 bits per heavy atom. The number of hydrogen-bond donors (Lipinski definition) is 1. The lowest BCUT2D eigenvalue weighted by molar-refractivity contribution is 0.683. The third-order valence-corrected chi connectivity index (χ3v) is 4.54. The molecule has 2 aromatic rings. The van der Waals surface area contributed by atoms with E-state index in [9.17, 15) is 0 Å². The van der Waals surface area contributed by atoms with E-state index in [4.69, 9.17) is 23.2 Å². The minimum Gasteiger partial charge on any atom is -0.278 e. The van der Waals surface area contributed by atoms with Gasteiger partial charge in [0.05, 0.1) is 21.4 Å². The van der Waals surface area contributed by atoms with Crippen LogP contribution >= 0.6 is 23.2 Å². The average molecular weight is 375 g/mol. The highest BCUT2D eigenvalue weighted by atomic mass is 35.5. The predicted octanol–water partition coefficient (Wildman–Crippen LogP) is 7.45. The number of halogens is 2. The first-order chi connectivity index (χ1) is 12.2. The van der Waals surface area contributed by atoms with E-state index in [0.717, 1.165) is 29.8 Å². The molecular formula is C21H24Cl2N2. The first-order valence-electron chi connectivity index (χ1n) is 8.70. The predicted molar refractivity (Wildman–Crippen MR) is 112 cm³/mol. The number of unbranched alkanes of at least 4 members (excludes halogenated alkanes) is 3. The summed E-state index contributed by atoms with van der Waals surface area (Å²) in [6.45, 7) is 2.22. The highest BCUT2D eigenvalue weighted by Gasteiger charge is 1.99. The van der Waals surface area contributed by atoms with Crippen molar-refractivity contribution >= 4 is 40.7 Å². The lowest BCUT2D eigenvalue weighted by Gasteiger charge is -2.05. The number of para-hydroxylation sites is 1. The zero-order chi connectivity index (χ0) is 17.9. The highest BCUT2D eigenvalue weighted by molar-refractivity contribution is 6.42. The topological polar surface area (TPSA) is 24.4 Å². The molecule has 2 nitrogen and oxygen atoms in total. The van der Waals surface area contributed by atoms with E-state index < -0.39 is 0 Å². The second-order valence-electron chi connectivity index (χ2n) is 5.90. The molecule has 2 rings (SSSR count). The quantitative estimate of drug-likeness (QED) is 0.275. The molecule has 0 bridgehead atoms. The van der Waals surface area contributed by atoms with E-state index in [1.54, 1.807) is 0 Å². The van der Waals surface area contributed by atoms with E-state index in [-0.39, 0.29) is 0 Å². The summed E-state index contributed by atoms with van der Waals surface area (Å²) in [7, 11) is 0. The van der Waals surface area contributed by atoms with Crippen molar-refractivity contribution in [1.82, 2.24) is 0 Å². The van der Waals surface area contributed by atoms with E-state index >= 15 is 0 Å². The molecule has 0 saturated carbocycles.